The molecule has 0 N–H and O–H groups in total. The molecule has 0 fully saturated rings. The van der Waals surface area contributed by atoms with Crippen LogP contribution in [0.1, 0.15) is 11.3 Å². The van der Waals surface area contributed by atoms with Gasteiger partial charge in [-0.1, -0.05) is 18.2 Å². The maximum Gasteiger partial charge on any atom is 0.573 e. The first-order valence-corrected chi connectivity index (χ1v) is 5.69. The molecule has 0 bridgehead atoms. The van der Waals surface area contributed by atoms with Crippen LogP contribution in [0.25, 0.3) is 0 Å². The highest BCUT2D eigenvalue weighted by Gasteiger charge is 2.31. The second kappa shape index (κ2) is 4.75. The molecular weight excluding hydrogens is 251 g/mol. The summed E-state index contributed by atoms with van der Waals surface area (Å²) >= 11 is 1.40. The van der Waals surface area contributed by atoms with Gasteiger partial charge in [0.25, 0.3) is 0 Å². The highest BCUT2D eigenvalue weighted by Crippen LogP contribution is 2.27. The van der Waals surface area contributed by atoms with E-state index in [1.165, 1.54) is 23.5 Å². The van der Waals surface area contributed by atoms with E-state index in [9.17, 15) is 13.2 Å². The number of para-hydroxylation sites is 1. The van der Waals surface area contributed by atoms with Gasteiger partial charge in [-0.2, -0.15) is 0 Å². The van der Waals surface area contributed by atoms with Crippen molar-refractivity contribution in [1.82, 2.24) is 4.98 Å². The molecule has 0 spiro atoms. The first-order chi connectivity index (χ1) is 8.04. The van der Waals surface area contributed by atoms with Gasteiger partial charge in [0, 0.05) is 17.4 Å². The molecule has 1 aromatic heterocycles. The monoisotopic (exact) mass is 259 g/mol. The third kappa shape index (κ3) is 3.45. The summed E-state index contributed by atoms with van der Waals surface area (Å²) in [6.45, 7) is 0. The van der Waals surface area contributed by atoms with Gasteiger partial charge in [-0.25, -0.2) is 4.98 Å². The number of halogens is 3. The van der Waals surface area contributed by atoms with Gasteiger partial charge >= 0.3 is 6.36 Å². The van der Waals surface area contributed by atoms with Gasteiger partial charge in [0.15, 0.2) is 0 Å². The molecule has 90 valence electrons. The third-order valence-corrected chi connectivity index (χ3v) is 2.69. The van der Waals surface area contributed by atoms with Crippen LogP contribution in [0.15, 0.2) is 35.2 Å². The van der Waals surface area contributed by atoms with E-state index < -0.39 is 6.36 Å². The van der Waals surface area contributed by atoms with Gasteiger partial charge in [-0.3, -0.25) is 0 Å². The van der Waals surface area contributed by atoms with Crippen molar-refractivity contribution in [2.24, 2.45) is 0 Å². The lowest BCUT2D eigenvalue weighted by Gasteiger charge is -2.12. The molecule has 1 aromatic carbocycles. The van der Waals surface area contributed by atoms with Gasteiger partial charge in [-0.05, 0) is 6.07 Å². The number of hydrogen-bond donors (Lipinski definition) is 0. The first kappa shape index (κ1) is 11.9. The number of rotatable bonds is 3. The number of nitrogens with zero attached hydrogens (tertiary/aromatic N) is 1. The summed E-state index contributed by atoms with van der Waals surface area (Å²) in [6.07, 6.45) is -4.34. The highest BCUT2D eigenvalue weighted by molar-refractivity contribution is 7.07. The van der Waals surface area contributed by atoms with Crippen molar-refractivity contribution in [3.8, 4) is 5.75 Å². The quantitative estimate of drug-likeness (QED) is 0.839. The van der Waals surface area contributed by atoms with Gasteiger partial charge < -0.3 is 4.74 Å². The Bertz CT molecular complexity index is 482. The predicted octanol–water partition coefficient (Wildman–Crippen LogP) is 3.63. The second-order valence-corrected chi connectivity index (χ2v) is 4.03. The van der Waals surface area contributed by atoms with Crippen LogP contribution in [0.2, 0.25) is 0 Å². The van der Waals surface area contributed by atoms with E-state index in [-0.39, 0.29) is 5.75 Å². The van der Waals surface area contributed by atoms with E-state index in [4.69, 9.17) is 0 Å². The molecule has 1 heterocycles. The number of thiazole rings is 1. The minimum absolute atomic E-state index is 0.173. The smallest absolute Gasteiger partial charge is 0.405 e. The second-order valence-electron chi connectivity index (χ2n) is 3.31. The lowest BCUT2D eigenvalue weighted by molar-refractivity contribution is -0.274. The molecule has 0 radical (unpaired) electrons. The summed E-state index contributed by atoms with van der Waals surface area (Å²) in [4.78, 5) is 4.03. The van der Waals surface area contributed by atoms with Crippen LogP contribution in [0.5, 0.6) is 5.75 Å². The highest BCUT2D eigenvalue weighted by atomic mass is 32.1. The minimum Gasteiger partial charge on any atom is -0.405 e. The molecule has 0 unspecified atom stereocenters. The molecule has 0 saturated heterocycles. The van der Waals surface area contributed by atoms with Crippen molar-refractivity contribution in [1.29, 1.82) is 0 Å². The summed E-state index contributed by atoms with van der Waals surface area (Å²) < 4.78 is 40.5. The summed E-state index contributed by atoms with van der Waals surface area (Å²) in [6, 6.07) is 6.08. The van der Waals surface area contributed by atoms with Crippen LogP contribution in [0.4, 0.5) is 13.2 Å². The number of ether oxygens (including phenoxy) is 1. The molecule has 0 amide bonds. The Morgan fingerprint density at radius 2 is 2.00 bits per heavy atom. The first-order valence-electron chi connectivity index (χ1n) is 4.75. The Kier molecular flexibility index (Phi) is 3.33. The van der Waals surface area contributed by atoms with Crippen LogP contribution < -0.4 is 4.74 Å². The zero-order valence-corrected chi connectivity index (χ0v) is 9.39. The fourth-order valence-corrected chi connectivity index (χ4v) is 1.95. The number of hydrogen-bond acceptors (Lipinski definition) is 3. The topological polar surface area (TPSA) is 22.1 Å². The average Bonchev–Trinajstić information content (AvgIpc) is 2.71. The average molecular weight is 259 g/mol. The molecule has 0 atom stereocenters. The van der Waals surface area contributed by atoms with Crippen molar-refractivity contribution in [2.75, 3.05) is 0 Å². The fourth-order valence-electron chi connectivity index (χ4n) is 1.39. The van der Waals surface area contributed by atoms with Crippen molar-refractivity contribution >= 4 is 11.3 Å². The standard InChI is InChI=1S/C11H8F3NOS/c12-11(13,14)16-10-4-2-1-3-8(10)5-9-6-17-7-15-9/h1-4,6-7H,5H2. The molecule has 6 heteroatoms. The molecule has 2 aromatic rings. The molecule has 0 saturated carbocycles. The van der Waals surface area contributed by atoms with Gasteiger partial charge in [-0.15, -0.1) is 24.5 Å². The molecule has 17 heavy (non-hydrogen) atoms. The van der Waals surface area contributed by atoms with Crippen LogP contribution in [0.3, 0.4) is 0 Å². The fraction of sp³-hybridized carbons (Fsp3) is 0.182. The number of aromatic nitrogens is 1. The molecule has 2 nitrogen and oxygen atoms in total. The molecular formula is C11H8F3NOS. The maximum atomic E-state index is 12.2. The van der Waals surface area contributed by atoms with Crippen LogP contribution in [-0.4, -0.2) is 11.3 Å². The summed E-state index contributed by atoms with van der Waals surface area (Å²) in [5, 5.41) is 1.80. The van der Waals surface area contributed by atoms with E-state index in [0.29, 0.717) is 12.0 Å². The predicted molar refractivity (Wildman–Crippen MR) is 58.0 cm³/mol. The maximum absolute atomic E-state index is 12.2. The van der Waals surface area contributed by atoms with Crippen molar-refractivity contribution < 1.29 is 17.9 Å². The Labute approximate surface area is 99.7 Å². The third-order valence-electron chi connectivity index (χ3n) is 2.05. The van der Waals surface area contributed by atoms with Gasteiger partial charge in [0.05, 0.1) is 11.2 Å². The zero-order chi connectivity index (χ0) is 12.3. The van der Waals surface area contributed by atoms with Gasteiger partial charge in [0.1, 0.15) is 5.75 Å². The van der Waals surface area contributed by atoms with Gasteiger partial charge in [0.2, 0.25) is 0 Å². The summed E-state index contributed by atoms with van der Waals surface area (Å²) in [5.41, 5.74) is 2.84. The Balaban J connectivity index is 2.22. The van der Waals surface area contributed by atoms with Crippen LogP contribution in [0, 0.1) is 0 Å². The van der Waals surface area contributed by atoms with E-state index in [1.807, 2.05) is 0 Å². The molecule has 2 rings (SSSR count). The zero-order valence-electron chi connectivity index (χ0n) is 8.57. The molecule has 0 aliphatic rings. The normalized spacial score (nSPS) is 11.5. The SMILES string of the molecule is FC(F)(F)Oc1ccccc1Cc1cscn1. The van der Waals surface area contributed by atoms with Crippen molar-refractivity contribution in [3.63, 3.8) is 0 Å². The Morgan fingerprint density at radius 1 is 1.24 bits per heavy atom. The van der Waals surface area contributed by atoms with E-state index in [2.05, 4.69) is 9.72 Å². The van der Waals surface area contributed by atoms with E-state index in [1.54, 1.807) is 23.0 Å². The number of benzene rings is 1. The van der Waals surface area contributed by atoms with Crippen LogP contribution in [-0.2, 0) is 6.42 Å². The van der Waals surface area contributed by atoms with E-state index in [0.717, 1.165) is 5.69 Å². The van der Waals surface area contributed by atoms with E-state index >= 15 is 0 Å². The lowest BCUT2D eigenvalue weighted by Crippen LogP contribution is -2.18. The van der Waals surface area contributed by atoms with Crippen LogP contribution >= 0.6 is 11.3 Å². The van der Waals surface area contributed by atoms with Crippen molar-refractivity contribution in [3.05, 3.63) is 46.4 Å². The molecule has 0 aliphatic carbocycles. The Morgan fingerprint density at radius 3 is 2.65 bits per heavy atom. The summed E-state index contributed by atoms with van der Waals surface area (Å²) in [5.74, 6) is -0.173. The number of alkyl halides is 3. The summed E-state index contributed by atoms with van der Waals surface area (Å²) in [7, 11) is 0. The van der Waals surface area contributed by atoms with Crippen molar-refractivity contribution in [2.45, 2.75) is 12.8 Å². The largest absolute Gasteiger partial charge is 0.573 e. The lowest BCUT2D eigenvalue weighted by atomic mass is 10.1. The Hall–Kier alpha value is -1.56. The molecule has 0 aliphatic heterocycles. The minimum atomic E-state index is -4.67.